The summed E-state index contributed by atoms with van der Waals surface area (Å²) in [6, 6.07) is 5.04. The van der Waals surface area contributed by atoms with E-state index in [4.69, 9.17) is 5.73 Å². The molecule has 0 aliphatic carbocycles. The predicted octanol–water partition coefficient (Wildman–Crippen LogP) is 2.73. The van der Waals surface area contributed by atoms with Gasteiger partial charge in [0.2, 0.25) is 0 Å². The van der Waals surface area contributed by atoms with Crippen LogP contribution in [-0.4, -0.2) is 24.5 Å². The van der Waals surface area contributed by atoms with Gasteiger partial charge in [-0.05, 0) is 68.6 Å². The van der Waals surface area contributed by atoms with Gasteiger partial charge in [-0.25, -0.2) is 4.39 Å². The van der Waals surface area contributed by atoms with E-state index in [0.29, 0.717) is 5.92 Å². The second-order valence-electron chi connectivity index (χ2n) is 5.03. The first kappa shape index (κ1) is 15.4. The van der Waals surface area contributed by atoms with Crippen LogP contribution in [0.2, 0.25) is 0 Å². The minimum atomic E-state index is -0.137. The number of benzene rings is 1. The molecular weight excluding hydrogens is 251 g/mol. The molecule has 1 aromatic rings. The van der Waals surface area contributed by atoms with Gasteiger partial charge in [0.1, 0.15) is 5.82 Å². The van der Waals surface area contributed by atoms with Crippen molar-refractivity contribution in [3.63, 3.8) is 0 Å². The number of piperidine rings is 1. The fourth-order valence-corrected chi connectivity index (χ4v) is 2.43. The van der Waals surface area contributed by atoms with Crippen LogP contribution in [0.5, 0.6) is 0 Å². The maximum atomic E-state index is 13.2. The largest absolute Gasteiger partial charge is 0.330 e. The molecule has 18 heavy (non-hydrogen) atoms. The smallest absolute Gasteiger partial charge is 0.123 e. The lowest BCUT2D eigenvalue weighted by Crippen LogP contribution is -2.35. The maximum Gasteiger partial charge on any atom is 0.123 e. The third kappa shape index (κ3) is 3.94. The third-order valence-corrected chi connectivity index (χ3v) is 3.75. The van der Waals surface area contributed by atoms with Gasteiger partial charge in [0.15, 0.2) is 0 Å². The van der Waals surface area contributed by atoms with E-state index in [1.807, 2.05) is 13.0 Å². The normalized spacial score (nSPS) is 17.5. The molecule has 0 bridgehead atoms. The zero-order chi connectivity index (χ0) is 12.3. The van der Waals surface area contributed by atoms with Crippen molar-refractivity contribution in [1.29, 1.82) is 0 Å². The highest BCUT2D eigenvalue weighted by Gasteiger charge is 2.18. The molecule has 0 spiro atoms. The molecule has 0 saturated carbocycles. The van der Waals surface area contributed by atoms with Gasteiger partial charge in [-0.3, -0.25) is 4.90 Å². The standard InChI is InChI=1S/C14H21FN2.ClH/c1-11-2-3-14(15)8-13(11)10-17-6-4-12(9-16)5-7-17;/h2-3,8,12H,4-7,9-10,16H2,1H3;1H. The molecule has 4 heteroatoms. The van der Waals surface area contributed by atoms with Gasteiger partial charge in [0.25, 0.3) is 0 Å². The number of aryl methyl sites for hydroxylation is 1. The summed E-state index contributed by atoms with van der Waals surface area (Å²) in [4.78, 5) is 2.40. The van der Waals surface area contributed by atoms with Gasteiger partial charge in [-0.15, -0.1) is 12.4 Å². The van der Waals surface area contributed by atoms with Crippen LogP contribution < -0.4 is 5.73 Å². The van der Waals surface area contributed by atoms with Crippen LogP contribution in [0, 0.1) is 18.7 Å². The fraction of sp³-hybridized carbons (Fsp3) is 0.571. The minimum absolute atomic E-state index is 0. The molecule has 1 heterocycles. The monoisotopic (exact) mass is 272 g/mol. The molecule has 1 fully saturated rings. The van der Waals surface area contributed by atoms with Crippen LogP contribution in [0.15, 0.2) is 18.2 Å². The zero-order valence-electron chi connectivity index (χ0n) is 10.9. The minimum Gasteiger partial charge on any atom is -0.330 e. The van der Waals surface area contributed by atoms with Gasteiger partial charge in [0.05, 0.1) is 0 Å². The van der Waals surface area contributed by atoms with Crippen molar-refractivity contribution in [3.8, 4) is 0 Å². The lowest BCUT2D eigenvalue weighted by molar-refractivity contribution is 0.180. The number of hydrogen-bond donors (Lipinski definition) is 1. The number of rotatable bonds is 3. The summed E-state index contributed by atoms with van der Waals surface area (Å²) in [7, 11) is 0. The van der Waals surface area contributed by atoms with Gasteiger partial charge in [-0.1, -0.05) is 6.07 Å². The molecule has 1 aliphatic rings. The fourth-order valence-electron chi connectivity index (χ4n) is 2.43. The number of nitrogens with two attached hydrogens (primary N) is 1. The van der Waals surface area contributed by atoms with E-state index in [9.17, 15) is 4.39 Å². The van der Waals surface area contributed by atoms with Crippen molar-refractivity contribution in [1.82, 2.24) is 4.90 Å². The Morgan fingerprint density at radius 1 is 1.33 bits per heavy atom. The Balaban J connectivity index is 0.00000162. The molecule has 1 saturated heterocycles. The average Bonchev–Trinajstić information content (AvgIpc) is 2.35. The van der Waals surface area contributed by atoms with E-state index in [1.54, 1.807) is 6.07 Å². The van der Waals surface area contributed by atoms with Gasteiger partial charge < -0.3 is 5.73 Å². The van der Waals surface area contributed by atoms with E-state index in [0.717, 1.165) is 31.7 Å². The van der Waals surface area contributed by atoms with Crippen molar-refractivity contribution < 1.29 is 4.39 Å². The Hall–Kier alpha value is -0.640. The predicted molar refractivity (Wildman–Crippen MR) is 75.4 cm³/mol. The molecule has 1 aliphatic heterocycles. The van der Waals surface area contributed by atoms with Crippen molar-refractivity contribution in [2.45, 2.75) is 26.3 Å². The van der Waals surface area contributed by atoms with Gasteiger partial charge in [0, 0.05) is 6.54 Å². The van der Waals surface area contributed by atoms with Crippen LogP contribution in [0.25, 0.3) is 0 Å². The van der Waals surface area contributed by atoms with Crippen LogP contribution in [0.1, 0.15) is 24.0 Å². The number of nitrogens with zero attached hydrogens (tertiary/aromatic N) is 1. The van der Waals surface area contributed by atoms with Crippen LogP contribution in [-0.2, 0) is 6.54 Å². The van der Waals surface area contributed by atoms with Crippen molar-refractivity contribution in [3.05, 3.63) is 35.1 Å². The molecule has 2 N–H and O–H groups in total. The Morgan fingerprint density at radius 2 is 2.00 bits per heavy atom. The van der Waals surface area contributed by atoms with E-state index >= 15 is 0 Å². The molecule has 102 valence electrons. The Labute approximate surface area is 115 Å². The molecule has 0 unspecified atom stereocenters. The molecule has 2 nitrogen and oxygen atoms in total. The first-order valence-corrected chi connectivity index (χ1v) is 6.36. The first-order chi connectivity index (χ1) is 8.19. The third-order valence-electron chi connectivity index (χ3n) is 3.75. The van der Waals surface area contributed by atoms with Crippen LogP contribution in [0.4, 0.5) is 4.39 Å². The maximum absolute atomic E-state index is 13.2. The quantitative estimate of drug-likeness (QED) is 0.917. The molecular formula is C14H22ClFN2. The van der Waals surface area contributed by atoms with Crippen molar-refractivity contribution >= 4 is 12.4 Å². The average molecular weight is 273 g/mol. The number of halogens is 2. The van der Waals surface area contributed by atoms with Crippen LogP contribution >= 0.6 is 12.4 Å². The van der Waals surface area contributed by atoms with E-state index in [-0.39, 0.29) is 18.2 Å². The Bertz CT molecular complexity index is 376. The summed E-state index contributed by atoms with van der Waals surface area (Å²) in [5, 5.41) is 0. The first-order valence-electron chi connectivity index (χ1n) is 6.36. The van der Waals surface area contributed by atoms with Gasteiger partial charge >= 0.3 is 0 Å². The number of likely N-dealkylation sites (tertiary alicyclic amines) is 1. The van der Waals surface area contributed by atoms with E-state index in [1.165, 1.54) is 24.5 Å². The summed E-state index contributed by atoms with van der Waals surface area (Å²) < 4.78 is 13.2. The Kier molecular flexibility index (Phi) is 6.06. The van der Waals surface area contributed by atoms with E-state index in [2.05, 4.69) is 4.90 Å². The Morgan fingerprint density at radius 3 is 2.61 bits per heavy atom. The molecule has 0 amide bonds. The molecule has 0 aromatic heterocycles. The summed E-state index contributed by atoms with van der Waals surface area (Å²) in [5.41, 5.74) is 7.96. The highest BCUT2D eigenvalue weighted by molar-refractivity contribution is 5.85. The molecule has 0 atom stereocenters. The highest BCUT2D eigenvalue weighted by atomic mass is 35.5. The zero-order valence-corrected chi connectivity index (χ0v) is 11.7. The molecule has 1 aromatic carbocycles. The van der Waals surface area contributed by atoms with Crippen molar-refractivity contribution in [2.75, 3.05) is 19.6 Å². The lowest BCUT2D eigenvalue weighted by atomic mass is 9.96. The summed E-state index contributed by atoms with van der Waals surface area (Å²) in [6.45, 7) is 5.87. The second-order valence-corrected chi connectivity index (χ2v) is 5.03. The van der Waals surface area contributed by atoms with Crippen molar-refractivity contribution in [2.24, 2.45) is 11.7 Å². The summed E-state index contributed by atoms with van der Waals surface area (Å²) in [5.74, 6) is 0.544. The number of hydrogen-bond acceptors (Lipinski definition) is 2. The second kappa shape index (κ2) is 7.07. The SMILES string of the molecule is Cc1ccc(F)cc1CN1CCC(CN)CC1.Cl. The highest BCUT2D eigenvalue weighted by Crippen LogP contribution is 2.19. The topological polar surface area (TPSA) is 29.3 Å². The summed E-state index contributed by atoms with van der Waals surface area (Å²) >= 11 is 0. The van der Waals surface area contributed by atoms with Crippen LogP contribution in [0.3, 0.4) is 0 Å². The van der Waals surface area contributed by atoms with Gasteiger partial charge in [-0.2, -0.15) is 0 Å². The lowest BCUT2D eigenvalue weighted by Gasteiger charge is -2.31. The summed E-state index contributed by atoms with van der Waals surface area (Å²) in [6.07, 6.45) is 2.34. The molecule has 2 rings (SSSR count). The van der Waals surface area contributed by atoms with E-state index < -0.39 is 0 Å². The molecule has 0 radical (unpaired) electrons.